The van der Waals surface area contributed by atoms with Crippen molar-refractivity contribution >= 4 is 5.91 Å². The Balaban J connectivity index is 1.43. The summed E-state index contributed by atoms with van der Waals surface area (Å²) in [5.74, 6) is 1.76. The van der Waals surface area contributed by atoms with Crippen molar-refractivity contribution in [3.63, 3.8) is 0 Å². The average molecular weight is 447 g/mol. The Morgan fingerprint density at radius 2 is 1.38 bits per heavy atom. The largest absolute Gasteiger partial charge is 0.353 e. The molecule has 0 aromatic carbocycles. The third-order valence-corrected chi connectivity index (χ3v) is 8.63. The van der Waals surface area contributed by atoms with Crippen molar-refractivity contribution in [3.05, 3.63) is 0 Å². The van der Waals surface area contributed by atoms with Gasteiger partial charge in [0.2, 0.25) is 5.91 Å². The van der Waals surface area contributed by atoms with Crippen molar-refractivity contribution in [2.24, 2.45) is 17.3 Å². The van der Waals surface area contributed by atoms with E-state index in [-0.39, 0.29) is 0 Å². The molecular weight excluding hydrogens is 392 g/mol. The van der Waals surface area contributed by atoms with E-state index in [1.807, 2.05) is 0 Å². The van der Waals surface area contributed by atoms with Crippen LogP contribution in [-0.4, -0.2) is 24.0 Å². The molecule has 2 N–H and O–H groups in total. The standard InChI is InChI=1S/C29H54N2O/c1-28(2,3)22-24-13-15-26(16-14-24)31-27(32)21-25-17-20-30-29(23-25)18-11-9-7-5-4-6-8-10-12-19-29/h24-26,30H,4-23H2,1-3H3,(H,31,32)/t24-,25?,26-. The summed E-state index contributed by atoms with van der Waals surface area (Å²) in [7, 11) is 0. The van der Waals surface area contributed by atoms with Gasteiger partial charge in [0.05, 0.1) is 0 Å². The van der Waals surface area contributed by atoms with E-state index in [2.05, 4.69) is 31.4 Å². The molecule has 2 aliphatic carbocycles. The van der Waals surface area contributed by atoms with Gasteiger partial charge >= 0.3 is 0 Å². The molecule has 1 amide bonds. The predicted octanol–water partition coefficient (Wildman–Crippen LogP) is 7.53. The molecule has 1 spiro atoms. The minimum Gasteiger partial charge on any atom is -0.353 e. The van der Waals surface area contributed by atoms with Gasteiger partial charge in [0.1, 0.15) is 0 Å². The highest BCUT2D eigenvalue weighted by Crippen LogP contribution is 2.37. The monoisotopic (exact) mass is 446 g/mol. The summed E-state index contributed by atoms with van der Waals surface area (Å²) >= 11 is 0. The fourth-order valence-corrected chi connectivity index (χ4v) is 7.04. The van der Waals surface area contributed by atoms with Crippen LogP contribution in [0.25, 0.3) is 0 Å². The molecule has 3 rings (SSSR count). The predicted molar refractivity (Wildman–Crippen MR) is 137 cm³/mol. The highest BCUT2D eigenvalue weighted by Gasteiger charge is 2.36. The fourth-order valence-electron chi connectivity index (χ4n) is 7.04. The molecule has 0 aromatic heterocycles. The molecule has 1 unspecified atom stereocenters. The lowest BCUT2D eigenvalue weighted by molar-refractivity contribution is -0.123. The molecule has 1 heterocycles. The van der Waals surface area contributed by atoms with Gasteiger partial charge in [-0.25, -0.2) is 0 Å². The third kappa shape index (κ3) is 9.35. The first-order chi connectivity index (χ1) is 15.3. The van der Waals surface area contributed by atoms with E-state index >= 15 is 0 Å². The number of piperidine rings is 1. The van der Waals surface area contributed by atoms with Gasteiger partial charge in [0.25, 0.3) is 0 Å². The zero-order valence-electron chi connectivity index (χ0n) is 21.8. The number of hydrogen-bond acceptors (Lipinski definition) is 2. The molecule has 3 heteroatoms. The van der Waals surface area contributed by atoms with Crippen LogP contribution in [0.15, 0.2) is 0 Å². The van der Waals surface area contributed by atoms with Gasteiger partial charge < -0.3 is 10.6 Å². The smallest absolute Gasteiger partial charge is 0.220 e. The molecule has 3 nitrogen and oxygen atoms in total. The minimum atomic E-state index is 0.313. The normalized spacial score (nSPS) is 30.8. The fraction of sp³-hybridized carbons (Fsp3) is 0.966. The van der Waals surface area contributed by atoms with Crippen molar-refractivity contribution < 1.29 is 4.79 Å². The van der Waals surface area contributed by atoms with Crippen molar-refractivity contribution in [2.75, 3.05) is 6.54 Å². The second-order valence-electron chi connectivity index (χ2n) is 13.0. The molecule has 0 radical (unpaired) electrons. The second kappa shape index (κ2) is 12.8. The summed E-state index contributed by atoms with van der Waals surface area (Å²) in [4.78, 5) is 12.9. The lowest BCUT2D eigenvalue weighted by Crippen LogP contribution is -2.52. The number of carbonyl (C=O) groups excluding carboxylic acids is 1. The zero-order valence-corrected chi connectivity index (χ0v) is 21.8. The molecule has 1 aliphatic heterocycles. The van der Waals surface area contributed by atoms with Crippen LogP contribution in [0.4, 0.5) is 0 Å². The topological polar surface area (TPSA) is 41.1 Å². The van der Waals surface area contributed by atoms with Crippen molar-refractivity contribution in [1.82, 2.24) is 10.6 Å². The third-order valence-electron chi connectivity index (χ3n) is 8.63. The second-order valence-corrected chi connectivity index (χ2v) is 13.0. The zero-order chi connectivity index (χ0) is 22.9. The van der Waals surface area contributed by atoms with Gasteiger partial charge in [-0.3, -0.25) is 4.79 Å². The number of amides is 1. The molecule has 186 valence electrons. The number of rotatable bonds is 4. The molecule has 0 bridgehead atoms. The first-order valence-corrected chi connectivity index (χ1v) is 14.4. The minimum absolute atomic E-state index is 0.313. The van der Waals surface area contributed by atoms with Crippen LogP contribution in [-0.2, 0) is 4.79 Å². The molecule has 32 heavy (non-hydrogen) atoms. The van der Waals surface area contributed by atoms with Gasteiger partial charge in [-0.2, -0.15) is 0 Å². The van der Waals surface area contributed by atoms with Crippen molar-refractivity contribution in [3.8, 4) is 0 Å². The highest BCUT2D eigenvalue weighted by atomic mass is 16.1. The Bertz CT molecular complexity index is 532. The molecule has 1 saturated heterocycles. The van der Waals surface area contributed by atoms with E-state index in [1.165, 1.54) is 116 Å². The van der Waals surface area contributed by atoms with Gasteiger partial charge in [0, 0.05) is 18.0 Å². The van der Waals surface area contributed by atoms with Crippen molar-refractivity contribution in [2.45, 2.75) is 154 Å². The molecule has 2 saturated carbocycles. The Kier molecular flexibility index (Phi) is 10.4. The van der Waals surface area contributed by atoms with E-state index in [1.54, 1.807) is 0 Å². The van der Waals surface area contributed by atoms with Gasteiger partial charge in [-0.15, -0.1) is 0 Å². The summed E-state index contributed by atoms with van der Waals surface area (Å²) < 4.78 is 0. The van der Waals surface area contributed by atoms with Crippen LogP contribution < -0.4 is 10.6 Å². The molecule has 3 fully saturated rings. The average Bonchev–Trinajstić information content (AvgIpc) is 2.71. The Hall–Kier alpha value is -0.570. The molecule has 0 aromatic rings. The number of hydrogen-bond donors (Lipinski definition) is 2. The van der Waals surface area contributed by atoms with E-state index < -0.39 is 0 Å². The van der Waals surface area contributed by atoms with E-state index in [4.69, 9.17) is 0 Å². The van der Waals surface area contributed by atoms with Crippen LogP contribution in [0.5, 0.6) is 0 Å². The van der Waals surface area contributed by atoms with E-state index in [0.717, 1.165) is 18.9 Å². The summed E-state index contributed by atoms with van der Waals surface area (Å²) in [6, 6.07) is 0.427. The van der Waals surface area contributed by atoms with Crippen LogP contribution in [0.2, 0.25) is 0 Å². The Morgan fingerprint density at radius 3 is 1.94 bits per heavy atom. The molecule has 3 aliphatic rings. The van der Waals surface area contributed by atoms with E-state index in [0.29, 0.717) is 28.8 Å². The maximum Gasteiger partial charge on any atom is 0.220 e. The SMILES string of the molecule is CC(C)(C)C[C@H]1CC[C@H](NC(=O)CC2CCNC3(CCCCCCCCCCC3)C2)CC1. The highest BCUT2D eigenvalue weighted by molar-refractivity contribution is 5.76. The maximum absolute atomic E-state index is 12.9. The summed E-state index contributed by atoms with van der Waals surface area (Å²) in [5.41, 5.74) is 0.743. The van der Waals surface area contributed by atoms with Crippen LogP contribution in [0.3, 0.4) is 0 Å². The maximum atomic E-state index is 12.9. The van der Waals surface area contributed by atoms with Gasteiger partial charge in [-0.05, 0) is 81.6 Å². The van der Waals surface area contributed by atoms with Crippen LogP contribution in [0, 0.1) is 17.3 Å². The summed E-state index contributed by atoms with van der Waals surface area (Å²) in [5, 5.41) is 7.40. The van der Waals surface area contributed by atoms with Crippen molar-refractivity contribution in [1.29, 1.82) is 0 Å². The van der Waals surface area contributed by atoms with Gasteiger partial charge in [-0.1, -0.05) is 78.6 Å². The Morgan fingerprint density at radius 1 is 0.812 bits per heavy atom. The van der Waals surface area contributed by atoms with Crippen LogP contribution in [0.1, 0.15) is 143 Å². The lowest BCUT2D eigenvalue weighted by atomic mass is 9.74. The number of carbonyl (C=O) groups is 1. The lowest BCUT2D eigenvalue weighted by Gasteiger charge is -2.43. The number of nitrogens with one attached hydrogen (secondary N) is 2. The molecule has 1 atom stereocenters. The summed E-state index contributed by atoms with van der Waals surface area (Å²) in [6.45, 7) is 8.18. The Labute approximate surface area is 199 Å². The van der Waals surface area contributed by atoms with Crippen LogP contribution >= 0.6 is 0 Å². The van der Waals surface area contributed by atoms with E-state index in [9.17, 15) is 4.79 Å². The first-order valence-electron chi connectivity index (χ1n) is 14.4. The summed E-state index contributed by atoms with van der Waals surface area (Å²) in [6.07, 6.45) is 24.7. The van der Waals surface area contributed by atoms with Gasteiger partial charge in [0.15, 0.2) is 0 Å². The quantitative estimate of drug-likeness (QED) is 0.468. The first kappa shape index (κ1) is 26.0. The molecular formula is C29H54N2O.